The van der Waals surface area contributed by atoms with Gasteiger partial charge in [0, 0.05) is 18.0 Å². The number of thiophene rings is 1. The van der Waals surface area contributed by atoms with E-state index in [4.69, 9.17) is 11.6 Å². The fraction of sp³-hybridized carbons (Fsp3) is 0.267. The Balaban J connectivity index is 1.63. The van der Waals surface area contributed by atoms with Gasteiger partial charge in [0.25, 0.3) is 0 Å². The number of benzene rings is 1. The Morgan fingerprint density at radius 2 is 2.29 bits per heavy atom. The van der Waals surface area contributed by atoms with Gasteiger partial charge in [0.05, 0.1) is 17.3 Å². The van der Waals surface area contributed by atoms with E-state index >= 15 is 0 Å². The Morgan fingerprint density at radius 1 is 1.43 bits per heavy atom. The summed E-state index contributed by atoms with van der Waals surface area (Å²) in [5.74, 6) is -0.500. The summed E-state index contributed by atoms with van der Waals surface area (Å²) in [7, 11) is 0. The quantitative estimate of drug-likeness (QED) is 0.936. The minimum absolute atomic E-state index is 0.0418. The zero-order chi connectivity index (χ0) is 14.8. The van der Waals surface area contributed by atoms with Crippen molar-refractivity contribution in [1.29, 1.82) is 0 Å². The maximum Gasteiger partial charge on any atom is 0.242 e. The predicted molar refractivity (Wildman–Crippen MR) is 83.3 cm³/mol. The van der Waals surface area contributed by atoms with Crippen LogP contribution >= 0.6 is 22.9 Å². The molecule has 0 fully saturated rings. The van der Waals surface area contributed by atoms with Gasteiger partial charge in [-0.1, -0.05) is 17.7 Å². The lowest BCUT2D eigenvalue weighted by Crippen LogP contribution is -2.38. The molecule has 1 aliphatic rings. The zero-order valence-corrected chi connectivity index (χ0v) is 12.8. The minimum atomic E-state index is -0.450. The standard InChI is InChI=1S/C15H14ClFN2OS/c16-11-2-1-3-12(17)15(11)18-8-14(20)19-6-4-13-10(9-19)5-7-21-13/h1-3,5,7,18H,4,6,8-9H2. The van der Waals surface area contributed by atoms with Crippen LogP contribution in [0.2, 0.25) is 5.02 Å². The van der Waals surface area contributed by atoms with E-state index in [9.17, 15) is 9.18 Å². The average molecular weight is 325 g/mol. The highest BCUT2D eigenvalue weighted by Crippen LogP contribution is 2.26. The maximum atomic E-state index is 13.6. The summed E-state index contributed by atoms with van der Waals surface area (Å²) in [6.45, 7) is 1.38. The van der Waals surface area contributed by atoms with Crippen LogP contribution in [0.5, 0.6) is 0 Å². The van der Waals surface area contributed by atoms with Crippen LogP contribution in [0.1, 0.15) is 10.4 Å². The van der Waals surface area contributed by atoms with Gasteiger partial charge in [-0.25, -0.2) is 4.39 Å². The zero-order valence-electron chi connectivity index (χ0n) is 11.2. The Labute approximate surface area is 131 Å². The molecule has 0 bridgehead atoms. The molecule has 0 saturated heterocycles. The number of amides is 1. The monoisotopic (exact) mass is 324 g/mol. The molecule has 2 heterocycles. The molecule has 2 aromatic rings. The third kappa shape index (κ3) is 3.04. The number of halogens is 2. The normalized spacial score (nSPS) is 13.9. The number of nitrogens with zero attached hydrogens (tertiary/aromatic N) is 1. The van der Waals surface area contributed by atoms with Gasteiger partial charge in [-0.2, -0.15) is 0 Å². The first kappa shape index (κ1) is 14.4. The summed E-state index contributed by atoms with van der Waals surface area (Å²) in [5.41, 5.74) is 1.39. The Hall–Kier alpha value is -1.59. The van der Waals surface area contributed by atoms with Gasteiger partial charge in [0.2, 0.25) is 5.91 Å². The SMILES string of the molecule is O=C(CNc1c(F)cccc1Cl)N1CCc2sccc2C1. The van der Waals surface area contributed by atoms with Gasteiger partial charge >= 0.3 is 0 Å². The summed E-state index contributed by atoms with van der Waals surface area (Å²) >= 11 is 7.66. The molecule has 6 heteroatoms. The number of anilines is 1. The summed E-state index contributed by atoms with van der Waals surface area (Å²) in [6.07, 6.45) is 0.888. The molecule has 1 amide bonds. The lowest BCUT2D eigenvalue weighted by molar-refractivity contribution is -0.130. The summed E-state index contributed by atoms with van der Waals surface area (Å²) < 4.78 is 13.6. The van der Waals surface area contributed by atoms with Crippen molar-refractivity contribution < 1.29 is 9.18 Å². The molecule has 0 aliphatic carbocycles. The van der Waals surface area contributed by atoms with Crippen LogP contribution in [-0.2, 0) is 17.8 Å². The van der Waals surface area contributed by atoms with Crippen molar-refractivity contribution in [2.75, 3.05) is 18.4 Å². The first-order valence-corrected chi connectivity index (χ1v) is 7.92. The van der Waals surface area contributed by atoms with Crippen molar-refractivity contribution in [2.45, 2.75) is 13.0 Å². The lowest BCUT2D eigenvalue weighted by Gasteiger charge is -2.27. The first-order chi connectivity index (χ1) is 10.1. The molecule has 3 rings (SSSR count). The fourth-order valence-electron chi connectivity index (χ4n) is 2.40. The van der Waals surface area contributed by atoms with Crippen LogP contribution in [0, 0.1) is 5.82 Å². The molecular weight excluding hydrogens is 311 g/mol. The molecule has 21 heavy (non-hydrogen) atoms. The Kier molecular flexibility index (Phi) is 4.12. The Morgan fingerprint density at radius 3 is 3.10 bits per heavy atom. The highest BCUT2D eigenvalue weighted by atomic mass is 35.5. The number of fused-ring (bicyclic) bond motifs is 1. The molecule has 0 unspecified atom stereocenters. The number of carbonyl (C=O) groups is 1. The van der Waals surface area contributed by atoms with Gasteiger partial charge < -0.3 is 10.2 Å². The lowest BCUT2D eigenvalue weighted by atomic mass is 10.1. The van der Waals surface area contributed by atoms with E-state index in [1.807, 2.05) is 0 Å². The molecule has 0 saturated carbocycles. The van der Waals surface area contributed by atoms with Crippen LogP contribution < -0.4 is 5.32 Å². The van der Waals surface area contributed by atoms with Crippen LogP contribution in [0.25, 0.3) is 0 Å². The van der Waals surface area contributed by atoms with Crippen molar-refractivity contribution in [3.05, 3.63) is 50.9 Å². The minimum Gasteiger partial charge on any atom is -0.373 e. The van der Waals surface area contributed by atoms with Crippen molar-refractivity contribution in [1.82, 2.24) is 4.90 Å². The molecule has 0 atom stereocenters. The van der Waals surface area contributed by atoms with Gasteiger partial charge in [-0.3, -0.25) is 4.79 Å². The smallest absolute Gasteiger partial charge is 0.242 e. The number of hydrogen-bond acceptors (Lipinski definition) is 3. The maximum absolute atomic E-state index is 13.6. The van der Waals surface area contributed by atoms with Crippen LogP contribution in [0.3, 0.4) is 0 Å². The van der Waals surface area contributed by atoms with Gasteiger partial charge in [0.15, 0.2) is 0 Å². The average Bonchev–Trinajstić information content (AvgIpc) is 2.93. The number of hydrogen-bond donors (Lipinski definition) is 1. The van der Waals surface area contributed by atoms with Crippen LogP contribution in [0.15, 0.2) is 29.6 Å². The number of nitrogens with one attached hydrogen (secondary N) is 1. The van der Waals surface area contributed by atoms with E-state index in [0.717, 1.165) is 6.42 Å². The molecule has 0 spiro atoms. The van der Waals surface area contributed by atoms with E-state index in [1.165, 1.54) is 22.6 Å². The van der Waals surface area contributed by atoms with Gasteiger partial charge in [-0.05, 0) is 35.6 Å². The van der Waals surface area contributed by atoms with E-state index in [-0.39, 0.29) is 23.2 Å². The highest BCUT2D eigenvalue weighted by Gasteiger charge is 2.21. The van der Waals surface area contributed by atoms with Crippen molar-refractivity contribution >= 4 is 34.5 Å². The topological polar surface area (TPSA) is 32.3 Å². The molecule has 0 radical (unpaired) electrons. The third-order valence-corrected chi connectivity index (χ3v) is 4.88. The van der Waals surface area contributed by atoms with Crippen LogP contribution in [-0.4, -0.2) is 23.9 Å². The molecule has 1 aromatic heterocycles. The summed E-state index contributed by atoms with van der Waals surface area (Å²) in [6, 6.07) is 6.50. The van der Waals surface area contributed by atoms with Crippen LogP contribution in [0.4, 0.5) is 10.1 Å². The van der Waals surface area contributed by atoms with Crippen molar-refractivity contribution in [3.63, 3.8) is 0 Å². The summed E-state index contributed by atoms with van der Waals surface area (Å²) in [4.78, 5) is 15.4. The molecule has 3 nitrogen and oxygen atoms in total. The van der Waals surface area contributed by atoms with E-state index < -0.39 is 5.82 Å². The summed E-state index contributed by atoms with van der Waals surface area (Å²) in [5, 5.41) is 5.13. The van der Waals surface area contributed by atoms with Crippen molar-refractivity contribution in [3.8, 4) is 0 Å². The second-order valence-electron chi connectivity index (χ2n) is 4.88. The molecule has 1 aliphatic heterocycles. The van der Waals surface area contributed by atoms with E-state index in [2.05, 4.69) is 16.8 Å². The number of rotatable bonds is 3. The van der Waals surface area contributed by atoms with Crippen molar-refractivity contribution in [2.24, 2.45) is 0 Å². The van der Waals surface area contributed by atoms with E-state index in [1.54, 1.807) is 22.3 Å². The third-order valence-electron chi connectivity index (χ3n) is 3.54. The second kappa shape index (κ2) is 6.03. The largest absolute Gasteiger partial charge is 0.373 e. The Bertz CT molecular complexity index is 653. The second-order valence-corrected chi connectivity index (χ2v) is 6.29. The molecule has 1 aromatic carbocycles. The van der Waals surface area contributed by atoms with Gasteiger partial charge in [0.1, 0.15) is 5.82 Å². The highest BCUT2D eigenvalue weighted by molar-refractivity contribution is 7.10. The fourth-order valence-corrected chi connectivity index (χ4v) is 3.52. The van der Waals surface area contributed by atoms with Gasteiger partial charge in [-0.15, -0.1) is 11.3 Å². The number of carbonyl (C=O) groups excluding carboxylic acids is 1. The predicted octanol–water partition coefficient (Wildman–Crippen LogP) is 3.54. The first-order valence-electron chi connectivity index (χ1n) is 6.66. The van der Waals surface area contributed by atoms with E-state index in [0.29, 0.717) is 13.1 Å². The molecular formula is C15H14ClFN2OS. The number of para-hydroxylation sites is 1. The molecule has 110 valence electrons. The molecule has 1 N–H and O–H groups in total.